The number of aromatic nitrogens is 1. The molecule has 5 heteroatoms. The van der Waals surface area contributed by atoms with E-state index in [2.05, 4.69) is 10.3 Å². The van der Waals surface area contributed by atoms with E-state index in [1.165, 1.54) is 0 Å². The normalized spacial score (nSPS) is 10.9. The molecule has 1 amide bonds. The summed E-state index contributed by atoms with van der Waals surface area (Å²) in [6.45, 7) is 5.69. The fourth-order valence-electron chi connectivity index (χ4n) is 1.88. The van der Waals surface area contributed by atoms with Crippen molar-refractivity contribution in [2.24, 2.45) is 5.92 Å². The first-order chi connectivity index (χ1) is 8.97. The van der Waals surface area contributed by atoms with Gasteiger partial charge in [-0.2, -0.15) is 4.98 Å². The SMILES string of the molecule is Cc1cccc2nc(NC(=O)CC(C)C)oc(=O)c12. The third-order valence-electron chi connectivity index (χ3n) is 2.71. The number of hydrogen-bond acceptors (Lipinski definition) is 4. The van der Waals surface area contributed by atoms with Crippen LogP contribution in [0.5, 0.6) is 0 Å². The van der Waals surface area contributed by atoms with Crippen molar-refractivity contribution in [1.82, 2.24) is 4.98 Å². The molecule has 2 rings (SSSR count). The number of amides is 1. The van der Waals surface area contributed by atoms with E-state index in [0.717, 1.165) is 5.56 Å². The molecule has 0 saturated carbocycles. The summed E-state index contributed by atoms with van der Waals surface area (Å²) in [5.41, 5.74) is 0.845. The molecule has 0 spiro atoms. The average molecular weight is 260 g/mol. The second kappa shape index (κ2) is 5.22. The summed E-state index contributed by atoms with van der Waals surface area (Å²) in [4.78, 5) is 27.6. The Morgan fingerprint density at radius 1 is 1.42 bits per heavy atom. The molecule has 0 unspecified atom stereocenters. The van der Waals surface area contributed by atoms with Gasteiger partial charge in [0.2, 0.25) is 5.91 Å². The molecular weight excluding hydrogens is 244 g/mol. The lowest BCUT2D eigenvalue weighted by atomic mass is 10.1. The number of nitrogens with zero attached hydrogens (tertiary/aromatic N) is 1. The van der Waals surface area contributed by atoms with Gasteiger partial charge < -0.3 is 4.42 Å². The van der Waals surface area contributed by atoms with Gasteiger partial charge in [-0.05, 0) is 24.5 Å². The molecule has 1 aromatic heterocycles. The van der Waals surface area contributed by atoms with Crippen LogP contribution in [0.25, 0.3) is 10.9 Å². The third-order valence-corrected chi connectivity index (χ3v) is 2.71. The molecule has 2 aromatic rings. The van der Waals surface area contributed by atoms with E-state index >= 15 is 0 Å². The van der Waals surface area contributed by atoms with Crippen LogP contribution in [0, 0.1) is 12.8 Å². The highest BCUT2D eigenvalue weighted by Gasteiger charge is 2.11. The number of aryl methyl sites for hydroxylation is 1. The molecular formula is C14H16N2O3. The molecule has 0 aliphatic heterocycles. The summed E-state index contributed by atoms with van der Waals surface area (Å²) in [5, 5.41) is 2.96. The van der Waals surface area contributed by atoms with Crippen LogP contribution in [-0.2, 0) is 4.79 Å². The zero-order valence-electron chi connectivity index (χ0n) is 11.2. The summed E-state index contributed by atoms with van der Waals surface area (Å²) in [5.74, 6) is 0.0204. The quantitative estimate of drug-likeness (QED) is 0.920. The minimum Gasteiger partial charge on any atom is -0.388 e. The lowest BCUT2D eigenvalue weighted by Crippen LogP contribution is -2.16. The second-order valence-corrected chi connectivity index (χ2v) is 4.92. The standard InChI is InChI=1S/C14H16N2O3/c1-8(2)7-11(17)16-14-15-10-6-4-5-9(3)12(10)13(18)19-14/h4-6,8H,7H2,1-3H3,(H,15,16,17). The van der Waals surface area contributed by atoms with Crippen molar-refractivity contribution in [2.75, 3.05) is 5.32 Å². The lowest BCUT2D eigenvalue weighted by Gasteiger charge is -2.06. The zero-order valence-corrected chi connectivity index (χ0v) is 11.2. The van der Waals surface area contributed by atoms with Crippen LogP contribution in [-0.4, -0.2) is 10.9 Å². The Hall–Kier alpha value is -2.17. The van der Waals surface area contributed by atoms with Crippen LogP contribution >= 0.6 is 0 Å². The molecule has 0 atom stereocenters. The number of hydrogen-bond donors (Lipinski definition) is 1. The Kier molecular flexibility index (Phi) is 3.64. The third kappa shape index (κ3) is 2.99. The van der Waals surface area contributed by atoms with E-state index in [-0.39, 0.29) is 17.8 Å². The maximum Gasteiger partial charge on any atom is 0.348 e. The van der Waals surface area contributed by atoms with Gasteiger partial charge in [-0.15, -0.1) is 0 Å². The maximum atomic E-state index is 11.9. The Morgan fingerprint density at radius 2 is 2.16 bits per heavy atom. The first kappa shape index (κ1) is 13.3. The number of carbonyl (C=O) groups is 1. The van der Waals surface area contributed by atoms with E-state index in [4.69, 9.17) is 4.42 Å². The van der Waals surface area contributed by atoms with E-state index in [1.54, 1.807) is 6.07 Å². The predicted octanol–water partition coefficient (Wildman–Crippen LogP) is 2.48. The van der Waals surface area contributed by atoms with Gasteiger partial charge in [0.25, 0.3) is 0 Å². The fraction of sp³-hybridized carbons (Fsp3) is 0.357. The molecule has 0 aliphatic carbocycles. The second-order valence-electron chi connectivity index (χ2n) is 4.92. The molecule has 0 aliphatic rings. The molecule has 1 N–H and O–H groups in total. The number of anilines is 1. The van der Waals surface area contributed by atoms with Gasteiger partial charge in [0.05, 0.1) is 10.9 Å². The molecule has 100 valence electrons. The lowest BCUT2D eigenvalue weighted by molar-refractivity contribution is -0.117. The number of carbonyl (C=O) groups excluding carboxylic acids is 1. The van der Waals surface area contributed by atoms with Gasteiger partial charge in [0.15, 0.2) is 0 Å². The summed E-state index contributed by atoms with van der Waals surface area (Å²) in [6, 6.07) is 5.30. The first-order valence-electron chi connectivity index (χ1n) is 6.17. The first-order valence-corrected chi connectivity index (χ1v) is 6.17. The highest BCUT2D eigenvalue weighted by molar-refractivity contribution is 5.90. The molecule has 0 saturated heterocycles. The van der Waals surface area contributed by atoms with Gasteiger partial charge in [0, 0.05) is 6.42 Å². The number of fused-ring (bicyclic) bond motifs is 1. The van der Waals surface area contributed by atoms with E-state index in [0.29, 0.717) is 17.3 Å². The van der Waals surface area contributed by atoms with Crippen LogP contribution in [0.4, 0.5) is 6.01 Å². The average Bonchev–Trinajstić information content (AvgIpc) is 2.26. The fourth-order valence-corrected chi connectivity index (χ4v) is 1.88. The van der Waals surface area contributed by atoms with Gasteiger partial charge in [0.1, 0.15) is 0 Å². The Morgan fingerprint density at radius 3 is 2.84 bits per heavy atom. The van der Waals surface area contributed by atoms with Crippen LogP contribution in [0.3, 0.4) is 0 Å². The zero-order chi connectivity index (χ0) is 14.0. The number of rotatable bonds is 3. The highest BCUT2D eigenvalue weighted by Crippen LogP contribution is 2.15. The molecule has 5 nitrogen and oxygen atoms in total. The number of nitrogens with one attached hydrogen (secondary N) is 1. The van der Waals surface area contributed by atoms with Gasteiger partial charge in [-0.1, -0.05) is 26.0 Å². The summed E-state index contributed by atoms with van der Waals surface area (Å²) in [6.07, 6.45) is 0.358. The smallest absolute Gasteiger partial charge is 0.348 e. The van der Waals surface area contributed by atoms with Crippen molar-refractivity contribution >= 4 is 22.8 Å². The van der Waals surface area contributed by atoms with Gasteiger partial charge in [-0.3, -0.25) is 10.1 Å². The Labute approximate surface area is 110 Å². The van der Waals surface area contributed by atoms with Crippen molar-refractivity contribution in [2.45, 2.75) is 27.2 Å². The topological polar surface area (TPSA) is 72.2 Å². The van der Waals surface area contributed by atoms with Crippen LogP contribution in [0.2, 0.25) is 0 Å². The number of benzene rings is 1. The monoisotopic (exact) mass is 260 g/mol. The Bertz CT molecular complexity index is 674. The van der Waals surface area contributed by atoms with Crippen LogP contribution < -0.4 is 10.9 Å². The van der Waals surface area contributed by atoms with E-state index in [9.17, 15) is 9.59 Å². The molecule has 19 heavy (non-hydrogen) atoms. The van der Waals surface area contributed by atoms with Crippen molar-refractivity contribution in [3.8, 4) is 0 Å². The highest BCUT2D eigenvalue weighted by atomic mass is 16.4. The molecule has 1 heterocycles. The van der Waals surface area contributed by atoms with E-state index in [1.807, 2.05) is 32.9 Å². The largest absolute Gasteiger partial charge is 0.388 e. The molecule has 0 bridgehead atoms. The van der Waals surface area contributed by atoms with E-state index < -0.39 is 5.63 Å². The minimum absolute atomic E-state index is 0.0475. The maximum absolute atomic E-state index is 11.9. The van der Waals surface area contributed by atoms with Crippen molar-refractivity contribution in [1.29, 1.82) is 0 Å². The molecule has 0 radical (unpaired) electrons. The molecule has 0 fully saturated rings. The van der Waals surface area contributed by atoms with Crippen molar-refractivity contribution in [3.63, 3.8) is 0 Å². The Balaban J connectivity index is 2.37. The molecule has 1 aromatic carbocycles. The minimum atomic E-state index is -0.483. The van der Waals surface area contributed by atoms with Crippen LogP contribution in [0.1, 0.15) is 25.8 Å². The van der Waals surface area contributed by atoms with Crippen molar-refractivity contribution < 1.29 is 9.21 Å². The summed E-state index contributed by atoms with van der Waals surface area (Å²) < 4.78 is 5.02. The van der Waals surface area contributed by atoms with Crippen LogP contribution in [0.15, 0.2) is 27.4 Å². The summed E-state index contributed by atoms with van der Waals surface area (Å²) in [7, 11) is 0. The van der Waals surface area contributed by atoms with Gasteiger partial charge in [-0.25, -0.2) is 4.79 Å². The summed E-state index contributed by atoms with van der Waals surface area (Å²) >= 11 is 0. The van der Waals surface area contributed by atoms with Crippen molar-refractivity contribution in [3.05, 3.63) is 34.2 Å². The van der Waals surface area contributed by atoms with Gasteiger partial charge >= 0.3 is 11.6 Å². The predicted molar refractivity (Wildman–Crippen MR) is 73.1 cm³/mol.